The van der Waals surface area contributed by atoms with Crippen LogP contribution in [0.15, 0.2) is 24.3 Å². The standard InChI is InChI=1S/C20H30F3N3O.2ClH/c1-3-19(4-2,14-24)18(27)25-17-8-10-26(11-9-17)13-15-6-5-7-16(12-15)20(21,22)23;;/h5-7,12,17H,3-4,8-11,13-14,24H2,1-2H3,(H,25,27);2*1H. The molecule has 1 saturated heterocycles. The summed E-state index contributed by atoms with van der Waals surface area (Å²) in [6.07, 6.45) is -1.32. The lowest BCUT2D eigenvalue weighted by Crippen LogP contribution is -2.51. The van der Waals surface area contributed by atoms with Crippen molar-refractivity contribution >= 4 is 30.7 Å². The summed E-state index contributed by atoms with van der Waals surface area (Å²) in [6, 6.07) is 5.58. The van der Waals surface area contributed by atoms with Gasteiger partial charge in [0.05, 0.1) is 11.0 Å². The van der Waals surface area contributed by atoms with Crippen LogP contribution in [0.5, 0.6) is 0 Å². The summed E-state index contributed by atoms with van der Waals surface area (Å²) in [5.74, 6) is 0.0197. The van der Waals surface area contributed by atoms with E-state index in [9.17, 15) is 18.0 Å². The number of piperidine rings is 1. The van der Waals surface area contributed by atoms with Crippen LogP contribution in [0.4, 0.5) is 13.2 Å². The average molecular weight is 458 g/mol. The molecule has 0 bridgehead atoms. The topological polar surface area (TPSA) is 58.4 Å². The summed E-state index contributed by atoms with van der Waals surface area (Å²) in [5, 5.41) is 3.13. The molecule has 1 amide bonds. The number of carbonyl (C=O) groups is 1. The van der Waals surface area contributed by atoms with Crippen LogP contribution in [0, 0.1) is 5.41 Å². The van der Waals surface area contributed by atoms with E-state index in [1.54, 1.807) is 6.07 Å². The molecular formula is C20H32Cl2F3N3O. The summed E-state index contributed by atoms with van der Waals surface area (Å²) in [6.45, 7) is 6.27. The first-order valence-corrected chi connectivity index (χ1v) is 9.63. The first-order chi connectivity index (χ1) is 12.7. The molecule has 9 heteroatoms. The number of halogens is 5. The summed E-state index contributed by atoms with van der Waals surface area (Å²) in [4.78, 5) is 14.8. The van der Waals surface area contributed by atoms with Crippen LogP contribution in [-0.2, 0) is 17.5 Å². The van der Waals surface area contributed by atoms with Gasteiger partial charge < -0.3 is 11.1 Å². The summed E-state index contributed by atoms with van der Waals surface area (Å²) in [5.41, 5.74) is 5.38. The molecule has 4 nitrogen and oxygen atoms in total. The van der Waals surface area contributed by atoms with Crippen LogP contribution < -0.4 is 11.1 Å². The van der Waals surface area contributed by atoms with E-state index in [2.05, 4.69) is 10.2 Å². The smallest absolute Gasteiger partial charge is 0.353 e. The minimum atomic E-state index is -4.32. The van der Waals surface area contributed by atoms with Crippen molar-refractivity contribution in [3.05, 3.63) is 35.4 Å². The molecule has 0 atom stereocenters. The van der Waals surface area contributed by atoms with Gasteiger partial charge in [-0.1, -0.05) is 32.0 Å². The van der Waals surface area contributed by atoms with Crippen molar-refractivity contribution in [1.29, 1.82) is 0 Å². The fourth-order valence-electron chi connectivity index (χ4n) is 3.63. The molecule has 2 rings (SSSR count). The maximum Gasteiger partial charge on any atom is 0.416 e. The number of carbonyl (C=O) groups excluding carboxylic acids is 1. The molecule has 1 aromatic rings. The van der Waals surface area contributed by atoms with E-state index >= 15 is 0 Å². The zero-order valence-corrected chi connectivity index (χ0v) is 18.6. The zero-order chi connectivity index (χ0) is 20.1. The van der Waals surface area contributed by atoms with Gasteiger partial charge in [0.25, 0.3) is 0 Å². The summed E-state index contributed by atoms with van der Waals surface area (Å²) < 4.78 is 38.5. The molecule has 1 aliphatic rings. The van der Waals surface area contributed by atoms with Crippen LogP contribution in [0.25, 0.3) is 0 Å². The van der Waals surface area contributed by atoms with E-state index in [0.29, 0.717) is 31.5 Å². The van der Waals surface area contributed by atoms with E-state index in [1.165, 1.54) is 12.1 Å². The second-order valence-corrected chi connectivity index (χ2v) is 7.41. The number of alkyl halides is 3. The van der Waals surface area contributed by atoms with Crippen LogP contribution >= 0.6 is 24.8 Å². The van der Waals surface area contributed by atoms with Gasteiger partial charge in [-0.15, -0.1) is 24.8 Å². The van der Waals surface area contributed by atoms with Crippen molar-refractivity contribution < 1.29 is 18.0 Å². The van der Waals surface area contributed by atoms with Gasteiger partial charge in [-0.2, -0.15) is 13.2 Å². The van der Waals surface area contributed by atoms with E-state index in [4.69, 9.17) is 5.73 Å². The van der Waals surface area contributed by atoms with Gasteiger partial charge in [0.1, 0.15) is 0 Å². The SMILES string of the molecule is CCC(CC)(CN)C(=O)NC1CCN(Cc2cccc(C(F)(F)F)c2)CC1.Cl.Cl. The van der Waals surface area contributed by atoms with Crippen molar-refractivity contribution in [1.82, 2.24) is 10.2 Å². The number of nitrogens with two attached hydrogens (primary N) is 1. The fourth-order valence-corrected chi connectivity index (χ4v) is 3.63. The molecule has 0 radical (unpaired) electrons. The molecule has 168 valence electrons. The highest BCUT2D eigenvalue weighted by molar-refractivity contribution is 5.85. The number of nitrogens with zero attached hydrogens (tertiary/aromatic N) is 1. The number of hydrogen-bond acceptors (Lipinski definition) is 3. The summed E-state index contributed by atoms with van der Waals surface area (Å²) in [7, 11) is 0. The fraction of sp³-hybridized carbons (Fsp3) is 0.650. The van der Waals surface area contributed by atoms with Gasteiger partial charge >= 0.3 is 6.18 Å². The lowest BCUT2D eigenvalue weighted by atomic mass is 9.81. The highest BCUT2D eigenvalue weighted by Crippen LogP contribution is 2.30. The zero-order valence-electron chi connectivity index (χ0n) is 16.9. The first-order valence-electron chi connectivity index (χ1n) is 9.63. The Morgan fingerprint density at radius 3 is 2.24 bits per heavy atom. The van der Waals surface area contributed by atoms with Gasteiger partial charge in [0.2, 0.25) is 5.91 Å². The Labute approximate surface area is 183 Å². The van der Waals surface area contributed by atoms with Crippen LogP contribution in [0.3, 0.4) is 0 Å². The first kappa shape index (κ1) is 28.0. The lowest BCUT2D eigenvalue weighted by Gasteiger charge is -2.35. The highest BCUT2D eigenvalue weighted by Gasteiger charge is 2.35. The number of benzene rings is 1. The van der Waals surface area contributed by atoms with Crippen molar-refractivity contribution in [2.45, 2.75) is 58.3 Å². The Bertz CT molecular complexity index is 623. The maximum atomic E-state index is 12.8. The number of nitrogens with one attached hydrogen (secondary N) is 1. The van der Waals surface area contributed by atoms with Crippen molar-refractivity contribution in [2.75, 3.05) is 19.6 Å². The molecule has 1 aliphatic heterocycles. The Balaban J connectivity index is 0.00000392. The predicted octanol–water partition coefficient (Wildman–Crippen LogP) is 4.39. The van der Waals surface area contributed by atoms with Gasteiger partial charge in [-0.05, 0) is 37.3 Å². The molecule has 0 aliphatic carbocycles. The Hall–Kier alpha value is -1.02. The van der Waals surface area contributed by atoms with Crippen LogP contribution in [0.2, 0.25) is 0 Å². The maximum absolute atomic E-state index is 12.8. The Kier molecular flexibility index (Phi) is 11.6. The molecule has 0 aromatic heterocycles. The van der Waals surface area contributed by atoms with Gasteiger partial charge in [-0.3, -0.25) is 9.69 Å². The largest absolute Gasteiger partial charge is 0.416 e. The molecule has 1 fully saturated rings. The van der Waals surface area contributed by atoms with Gasteiger partial charge in [-0.25, -0.2) is 0 Å². The quantitative estimate of drug-likeness (QED) is 0.637. The average Bonchev–Trinajstić information content (AvgIpc) is 2.65. The molecule has 1 aromatic carbocycles. The summed E-state index contributed by atoms with van der Waals surface area (Å²) >= 11 is 0. The lowest BCUT2D eigenvalue weighted by molar-refractivity contribution is -0.137. The predicted molar refractivity (Wildman–Crippen MR) is 114 cm³/mol. The van der Waals surface area contributed by atoms with Gasteiger partial charge in [0.15, 0.2) is 0 Å². The number of likely N-dealkylation sites (tertiary alicyclic amines) is 1. The third-order valence-corrected chi connectivity index (χ3v) is 5.81. The van der Waals surface area contributed by atoms with E-state index in [-0.39, 0.29) is 36.8 Å². The van der Waals surface area contributed by atoms with Gasteiger partial charge in [0, 0.05) is 32.2 Å². The molecule has 0 spiro atoms. The molecule has 0 saturated carbocycles. The Morgan fingerprint density at radius 1 is 1.17 bits per heavy atom. The third-order valence-electron chi connectivity index (χ3n) is 5.81. The van der Waals surface area contributed by atoms with Crippen molar-refractivity contribution in [2.24, 2.45) is 11.1 Å². The van der Waals surface area contributed by atoms with Crippen LogP contribution in [0.1, 0.15) is 50.7 Å². The monoisotopic (exact) mass is 457 g/mol. The molecule has 3 N–H and O–H groups in total. The molecular weight excluding hydrogens is 426 g/mol. The Morgan fingerprint density at radius 2 is 1.76 bits per heavy atom. The van der Waals surface area contributed by atoms with E-state index in [1.807, 2.05) is 13.8 Å². The van der Waals surface area contributed by atoms with Crippen molar-refractivity contribution in [3.63, 3.8) is 0 Å². The van der Waals surface area contributed by atoms with Crippen LogP contribution in [-0.4, -0.2) is 36.5 Å². The molecule has 0 unspecified atom stereocenters. The number of hydrogen-bond donors (Lipinski definition) is 2. The third kappa shape index (κ3) is 7.31. The van der Waals surface area contributed by atoms with Crippen molar-refractivity contribution in [3.8, 4) is 0 Å². The second kappa shape index (κ2) is 12.0. The number of amides is 1. The highest BCUT2D eigenvalue weighted by atomic mass is 35.5. The van der Waals surface area contributed by atoms with E-state index < -0.39 is 17.2 Å². The molecule has 29 heavy (non-hydrogen) atoms. The minimum Gasteiger partial charge on any atom is -0.353 e. The molecule has 1 heterocycles. The van der Waals surface area contributed by atoms with E-state index in [0.717, 1.165) is 32.0 Å². The number of rotatable bonds is 7. The minimum absolute atomic E-state index is 0. The normalized spacial score (nSPS) is 15.9. The second-order valence-electron chi connectivity index (χ2n) is 7.41.